The molecule has 0 radical (unpaired) electrons. The van der Waals surface area contributed by atoms with Gasteiger partial charge in [-0.1, -0.05) is 42.5 Å². The second-order valence-corrected chi connectivity index (χ2v) is 9.34. The van der Waals surface area contributed by atoms with Crippen molar-refractivity contribution in [3.63, 3.8) is 0 Å². The smallest absolute Gasteiger partial charge is 0.270 e. The van der Waals surface area contributed by atoms with E-state index in [4.69, 9.17) is 0 Å². The van der Waals surface area contributed by atoms with Crippen molar-refractivity contribution >= 4 is 39.7 Å². The molecule has 0 aliphatic carbocycles. The van der Waals surface area contributed by atoms with E-state index in [1.165, 1.54) is 24.3 Å². The van der Waals surface area contributed by atoms with Gasteiger partial charge in [-0.25, -0.2) is 4.90 Å². The van der Waals surface area contributed by atoms with E-state index in [1.807, 2.05) is 30.3 Å². The average molecular weight is 491 g/mol. The predicted octanol–water partition coefficient (Wildman–Crippen LogP) is 2.35. The number of carbonyl (C=O) groups is 3. The topological polar surface area (TPSA) is 126 Å². The second-order valence-electron chi connectivity index (χ2n) is 9.34. The normalized spacial score (nSPS) is 26.0. The van der Waals surface area contributed by atoms with E-state index in [-0.39, 0.29) is 11.3 Å². The number of non-ortho nitro benzene ring substituents is 1. The average Bonchev–Trinajstić information content (AvgIpc) is 3.39. The molecule has 1 unspecified atom stereocenters. The summed E-state index contributed by atoms with van der Waals surface area (Å²) in [6.07, 6.45) is 4.85. The van der Waals surface area contributed by atoms with Crippen molar-refractivity contribution in [3.8, 4) is 6.07 Å². The van der Waals surface area contributed by atoms with E-state index in [9.17, 15) is 29.8 Å². The summed E-state index contributed by atoms with van der Waals surface area (Å²) in [4.78, 5) is 53.9. The highest BCUT2D eigenvalue weighted by molar-refractivity contribution is 6.24. The van der Waals surface area contributed by atoms with Crippen LogP contribution in [0.5, 0.6) is 0 Å². The van der Waals surface area contributed by atoms with Crippen LogP contribution in [0.15, 0.2) is 90.7 Å². The lowest BCUT2D eigenvalue weighted by Gasteiger charge is -2.27. The Bertz CT molecular complexity index is 1630. The Kier molecular flexibility index (Phi) is 5.07. The van der Waals surface area contributed by atoms with Gasteiger partial charge in [-0.15, -0.1) is 0 Å². The van der Waals surface area contributed by atoms with Gasteiger partial charge >= 0.3 is 0 Å². The molecule has 3 aliphatic rings. The van der Waals surface area contributed by atoms with Crippen LogP contribution in [0.4, 0.5) is 11.4 Å². The number of allylic oxidation sites excluding steroid dienone is 2. The first-order valence-electron chi connectivity index (χ1n) is 11.7. The van der Waals surface area contributed by atoms with Crippen LogP contribution >= 0.6 is 0 Å². The highest BCUT2D eigenvalue weighted by Crippen LogP contribution is 2.40. The Morgan fingerprint density at radius 2 is 1.73 bits per heavy atom. The minimum atomic E-state index is -0.982. The molecule has 0 spiro atoms. The maximum atomic E-state index is 13.9. The first kappa shape index (κ1) is 22.5. The van der Waals surface area contributed by atoms with Crippen LogP contribution in [0.2, 0.25) is 0 Å². The molecule has 5 atom stereocenters. The summed E-state index contributed by atoms with van der Waals surface area (Å²) in [7, 11) is 0. The van der Waals surface area contributed by atoms with Gasteiger partial charge in [0.1, 0.15) is 17.9 Å². The Balaban J connectivity index is 1.45. The number of benzene rings is 3. The number of rotatable bonds is 4. The van der Waals surface area contributed by atoms with E-state index in [0.29, 0.717) is 16.2 Å². The number of ketones is 1. The van der Waals surface area contributed by atoms with Gasteiger partial charge in [0.05, 0.1) is 28.5 Å². The molecule has 1 N–H and O–H groups in total. The quantitative estimate of drug-likeness (QED) is 0.258. The lowest BCUT2D eigenvalue weighted by molar-refractivity contribution is -0.871. The number of nitro groups is 1. The van der Waals surface area contributed by atoms with E-state index in [2.05, 4.69) is 6.07 Å². The number of nitrogens with zero attached hydrogens (tertiary/aromatic N) is 3. The molecule has 3 heterocycles. The molecule has 3 aromatic carbocycles. The number of nitriles is 1. The molecule has 180 valence electrons. The molecule has 9 nitrogen and oxygen atoms in total. The molecule has 9 heteroatoms. The van der Waals surface area contributed by atoms with Gasteiger partial charge in [-0.05, 0) is 29.0 Å². The maximum absolute atomic E-state index is 13.9. The van der Waals surface area contributed by atoms with Crippen molar-refractivity contribution in [1.82, 2.24) is 0 Å². The molecule has 2 fully saturated rings. The minimum absolute atomic E-state index is 0.0963. The standard InChI is InChI=1S/C28H18N4O5/c29-15-16-10-11-30-22(12-16)23-24(25(30)26(33)19-6-3-7-21(14-19)32(36)37)28(35)31(27(23)34)20-9-8-17-4-1-2-5-18(17)13-20/h1-14,22-25H/p+1/t22-,23+,24-,25+/m1/s1. The third kappa shape index (κ3) is 3.38. The zero-order valence-corrected chi connectivity index (χ0v) is 19.3. The molecule has 37 heavy (non-hydrogen) atoms. The SMILES string of the molecule is N#CC1=C[C@@H]2[C@@H]3C(=O)N(c4ccc5ccccc5c4)C(=O)[C@H]3[C@@H](C(=O)c3cccc([N+](=O)[O-])c3)[NH+]2C=C1. The monoisotopic (exact) mass is 491 g/mol. The first-order valence-corrected chi connectivity index (χ1v) is 11.7. The Morgan fingerprint density at radius 1 is 0.973 bits per heavy atom. The number of amides is 2. The summed E-state index contributed by atoms with van der Waals surface area (Å²) in [5.74, 6) is -3.21. The molecule has 6 rings (SSSR count). The molecule has 2 amide bonds. The number of nitrogens with one attached hydrogen (secondary N) is 1. The highest BCUT2D eigenvalue weighted by Gasteiger charge is 2.67. The largest absolute Gasteiger partial charge is 0.293 e. The van der Waals surface area contributed by atoms with E-state index in [0.717, 1.165) is 15.7 Å². The number of Topliss-reactive ketones (excluding diaryl/α,β-unsaturated/α-hetero) is 1. The Hall–Kier alpha value is -4.94. The summed E-state index contributed by atoms with van der Waals surface area (Å²) in [6, 6.07) is 18.8. The zero-order chi connectivity index (χ0) is 25.8. The molecule has 0 saturated carbocycles. The summed E-state index contributed by atoms with van der Waals surface area (Å²) < 4.78 is 0. The molecule has 3 aliphatic heterocycles. The van der Waals surface area contributed by atoms with Crippen LogP contribution in [0.25, 0.3) is 10.8 Å². The highest BCUT2D eigenvalue weighted by atomic mass is 16.6. The van der Waals surface area contributed by atoms with Crippen molar-refractivity contribution in [2.45, 2.75) is 12.1 Å². The summed E-state index contributed by atoms with van der Waals surface area (Å²) in [5, 5.41) is 22.6. The van der Waals surface area contributed by atoms with Gasteiger partial charge in [0.2, 0.25) is 17.6 Å². The van der Waals surface area contributed by atoms with Crippen LogP contribution in [0.3, 0.4) is 0 Å². The van der Waals surface area contributed by atoms with Crippen LogP contribution < -0.4 is 9.80 Å². The lowest BCUT2D eigenvalue weighted by atomic mass is 9.86. The number of hydrogen-bond acceptors (Lipinski definition) is 6. The van der Waals surface area contributed by atoms with Gasteiger partial charge in [-0.2, -0.15) is 5.26 Å². The lowest BCUT2D eigenvalue weighted by Crippen LogP contribution is -3.15. The number of hydrogen-bond donors (Lipinski definition) is 1. The van der Waals surface area contributed by atoms with E-state index >= 15 is 0 Å². The Labute approximate surface area is 210 Å². The van der Waals surface area contributed by atoms with Gasteiger partial charge in [0, 0.05) is 23.8 Å². The van der Waals surface area contributed by atoms with Gasteiger partial charge < -0.3 is 0 Å². The fourth-order valence-corrected chi connectivity index (χ4v) is 5.82. The number of quaternary nitrogens is 1. The first-order chi connectivity index (χ1) is 17.9. The van der Waals surface area contributed by atoms with Crippen LogP contribution in [0.1, 0.15) is 10.4 Å². The number of nitro benzene ring substituents is 1. The molecular formula is C28H19N4O5+. The number of anilines is 1. The summed E-state index contributed by atoms with van der Waals surface area (Å²) >= 11 is 0. The summed E-state index contributed by atoms with van der Waals surface area (Å²) in [6.45, 7) is 0. The van der Waals surface area contributed by atoms with Crippen molar-refractivity contribution in [2.75, 3.05) is 4.90 Å². The van der Waals surface area contributed by atoms with E-state index in [1.54, 1.807) is 30.5 Å². The number of imide groups is 1. The van der Waals surface area contributed by atoms with Crippen molar-refractivity contribution in [2.24, 2.45) is 11.8 Å². The molecule has 3 aromatic rings. The van der Waals surface area contributed by atoms with Gasteiger partial charge in [-0.3, -0.25) is 29.4 Å². The molecule has 0 bridgehead atoms. The fourth-order valence-electron chi connectivity index (χ4n) is 5.82. The molecule has 0 aromatic heterocycles. The Morgan fingerprint density at radius 3 is 2.49 bits per heavy atom. The van der Waals surface area contributed by atoms with E-state index < -0.39 is 46.4 Å². The molecule has 2 saturated heterocycles. The third-order valence-electron chi connectivity index (χ3n) is 7.45. The fraction of sp³-hybridized carbons (Fsp3) is 0.143. The van der Waals surface area contributed by atoms with Crippen molar-refractivity contribution in [3.05, 3.63) is 106 Å². The minimum Gasteiger partial charge on any atom is -0.293 e. The van der Waals surface area contributed by atoms with Crippen molar-refractivity contribution < 1.29 is 24.2 Å². The van der Waals surface area contributed by atoms with Gasteiger partial charge in [0.15, 0.2) is 6.04 Å². The predicted molar refractivity (Wildman–Crippen MR) is 132 cm³/mol. The summed E-state index contributed by atoms with van der Waals surface area (Å²) in [5.41, 5.74) is 0.626. The second kappa shape index (κ2) is 8.33. The third-order valence-corrected chi connectivity index (χ3v) is 7.45. The van der Waals surface area contributed by atoms with Gasteiger partial charge in [0.25, 0.3) is 5.69 Å². The number of fused-ring (bicyclic) bond motifs is 4. The molecular weight excluding hydrogens is 472 g/mol. The van der Waals surface area contributed by atoms with Crippen LogP contribution in [-0.2, 0) is 9.59 Å². The van der Waals surface area contributed by atoms with Crippen LogP contribution in [-0.4, -0.2) is 34.6 Å². The zero-order valence-electron chi connectivity index (χ0n) is 19.3. The number of carbonyl (C=O) groups excluding carboxylic acids is 3. The van der Waals surface area contributed by atoms with Crippen LogP contribution in [0, 0.1) is 33.3 Å². The maximum Gasteiger partial charge on any atom is 0.270 e. The van der Waals surface area contributed by atoms with Crippen molar-refractivity contribution in [1.29, 1.82) is 5.26 Å².